The Labute approximate surface area is 187 Å². The van der Waals surface area contributed by atoms with E-state index >= 15 is 0 Å². The Kier molecular flexibility index (Phi) is 6.91. The number of carbonyl (C=O) groups excluding carboxylic acids is 1. The SMILES string of the molecule is COCCOc1ccc(NC(=O)c2oc3ccccc3c2CSc2cccs2)cc1F. The highest BCUT2D eigenvalue weighted by Crippen LogP contribution is 2.34. The van der Waals surface area contributed by atoms with Crippen LogP contribution in [0.15, 0.2) is 68.6 Å². The molecule has 1 N–H and O–H groups in total. The Hall–Kier alpha value is -2.81. The number of halogens is 1. The molecule has 4 rings (SSSR count). The minimum atomic E-state index is -0.563. The highest BCUT2D eigenvalue weighted by atomic mass is 32.2. The van der Waals surface area contributed by atoms with E-state index in [2.05, 4.69) is 5.32 Å². The lowest BCUT2D eigenvalue weighted by Crippen LogP contribution is -2.13. The van der Waals surface area contributed by atoms with Gasteiger partial charge in [-0.15, -0.1) is 23.1 Å². The Morgan fingerprint density at radius 1 is 1.16 bits per heavy atom. The molecule has 2 aromatic carbocycles. The Morgan fingerprint density at radius 3 is 2.81 bits per heavy atom. The van der Waals surface area contributed by atoms with Gasteiger partial charge in [0, 0.05) is 35.6 Å². The van der Waals surface area contributed by atoms with E-state index in [-0.39, 0.29) is 18.1 Å². The normalized spacial score (nSPS) is 11.0. The minimum absolute atomic E-state index is 0.104. The number of furan rings is 1. The van der Waals surface area contributed by atoms with Crippen LogP contribution in [-0.4, -0.2) is 26.2 Å². The minimum Gasteiger partial charge on any atom is -0.488 e. The summed E-state index contributed by atoms with van der Waals surface area (Å²) in [5, 5.41) is 5.64. The number of amides is 1. The highest BCUT2D eigenvalue weighted by molar-refractivity contribution is 8.00. The van der Waals surface area contributed by atoms with Crippen molar-refractivity contribution in [3.8, 4) is 5.75 Å². The zero-order valence-corrected chi connectivity index (χ0v) is 18.4. The van der Waals surface area contributed by atoms with Gasteiger partial charge in [0.15, 0.2) is 17.3 Å². The number of carbonyl (C=O) groups is 1. The van der Waals surface area contributed by atoms with Gasteiger partial charge in [0.2, 0.25) is 0 Å². The first-order chi connectivity index (χ1) is 15.2. The van der Waals surface area contributed by atoms with Crippen molar-refractivity contribution in [2.45, 2.75) is 9.96 Å². The Balaban J connectivity index is 1.54. The molecule has 31 heavy (non-hydrogen) atoms. The number of thiophene rings is 1. The van der Waals surface area contributed by atoms with Crippen molar-refractivity contribution in [3.63, 3.8) is 0 Å². The average molecular weight is 458 g/mol. The summed E-state index contributed by atoms with van der Waals surface area (Å²) in [6.07, 6.45) is 0. The molecule has 4 aromatic rings. The van der Waals surface area contributed by atoms with Gasteiger partial charge < -0.3 is 19.2 Å². The largest absolute Gasteiger partial charge is 0.488 e. The van der Waals surface area contributed by atoms with Gasteiger partial charge in [0.25, 0.3) is 5.91 Å². The van der Waals surface area contributed by atoms with Gasteiger partial charge in [-0.05, 0) is 29.6 Å². The monoisotopic (exact) mass is 457 g/mol. The van der Waals surface area contributed by atoms with Gasteiger partial charge in [-0.2, -0.15) is 0 Å². The number of hydrogen-bond donors (Lipinski definition) is 1. The van der Waals surface area contributed by atoms with Crippen LogP contribution in [0.1, 0.15) is 16.1 Å². The second kappa shape index (κ2) is 10.00. The van der Waals surface area contributed by atoms with Gasteiger partial charge in [0.1, 0.15) is 12.2 Å². The second-order valence-electron chi connectivity index (χ2n) is 6.57. The molecule has 0 atom stereocenters. The highest BCUT2D eigenvalue weighted by Gasteiger charge is 2.21. The first-order valence-corrected chi connectivity index (χ1v) is 11.4. The van der Waals surface area contributed by atoms with Crippen molar-refractivity contribution in [1.82, 2.24) is 0 Å². The van der Waals surface area contributed by atoms with Crippen molar-refractivity contribution < 1.29 is 23.1 Å². The second-order valence-corrected chi connectivity index (χ2v) is 8.79. The lowest BCUT2D eigenvalue weighted by molar-refractivity contribution is 0.0997. The van der Waals surface area contributed by atoms with Crippen molar-refractivity contribution in [2.75, 3.05) is 25.6 Å². The fraction of sp³-hybridized carbons (Fsp3) is 0.174. The van der Waals surface area contributed by atoms with Crippen LogP contribution in [0, 0.1) is 5.82 Å². The molecule has 1 amide bonds. The number of ether oxygens (including phenoxy) is 2. The van der Waals surface area contributed by atoms with E-state index in [9.17, 15) is 9.18 Å². The van der Waals surface area contributed by atoms with E-state index < -0.39 is 11.7 Å². The molecule has 0 aliphatic rings. The van der Waals surface area contributed by atoms with Gasteiger partial charge >= 0.3 is 0 Å². The van der Waals surface area contributed by atoms with Gasteiger partial charge in [-0.3, -0.25) is 4.79 Å². The van der Waals surface area contributed by atoms with Crippen LogP contribution in [0.3, 0.4) is 0 Å². The maximum atomic E-state index is 14.3. The summed E-state index contributed by atoms with van der Waals surface area (Å²) in [5.74, 6) is -0.0729. The predicted molar refractivity (Wildman–Crippen MR) is 122 cm³/mol. The molecule has 0 bridgehead atoms. The zero-order valence-electron chi connectivity index (χ0n) is 16.7. The Morgan fingerprint density at radius 2 is 2.03 bits per heavy atom. The molecule has 2 heterocycles. The number of anilines is 1. The quantitative estimate of drug-likeness (QED) is 0.239. The molecule has 0 radical (unpaired) electrons. The number of methoxy groups -OCH3 is 1. The van der Waals surface area contributed by atoms with Crippen LogP contribution in [0.4, 0.5) is 10.1 Å². The summed E-state index contributed by atoms with van der Waals surface area (Å²) >= 11 is 3.29. The van der Waals surface area contributed by atoms with E-state index in [1.54, 1.807) is 36.3 Å². The smallest absolute Gasteiger partial charge is 0.291 e. The predicted octanol–water partition coefficient (Wildman–Crippen LogP) is 6.20. The summed E-state index contributed by atoms with van der Waals surface area (Å²) in [6.45, 7) is 0.597. The maximum absolute atomic E-state index is 14.3. The summed E-state index contributed by atoms with van der Waals surface area (Å²) in [6, 6.07) is 15.9. The summed E-state index contributed by atoms with van der Waals surface area (Å²) < 4.78 is 31.5. The van der Waals surface area contributed by atoms with E-state index in [0.29, 0.717) is 23.6 Å². The molecular weight excluding hydrogens is 437 g/mol. The van der Waals surface area contributed by atoms with Crippen molar-refractivity contribution >= 4 is 45.7 Å². The van der Waals surface area contributed by atoms with Crippen LogP contribution >= 0.6 is 23.1 Å². The molecule has 2 aromatic heterocycles. The molecular formula is C23H20FNO4S2. The molecule has 0 saturated carbocycles. The number of thioether (sulfide) groups is 1. The summed E-state index contributed by atoms with van der Waals surface area (Å²) in [5.41, 5.74) is 1.77. The molecule has 0 saturated heterocycles. The van der Waals surface area contributed by atoms with Crippen LogP contribution in [-0.2, 0) is 10.5 Å². The van der Waals surface area contributed by atoms with Gasteiger partial charge in [-0.1, -0.05) is 24.3 Å². The van der Waals surface area contributed by atoms with Gasteiger partial charge in [-0.25, -0.2) is 4.39 Å². The molecule has 0 unspecified atom stereocenters. The fourth-order valence-electron chi connectivity index (χ4n) is 3.03. The third-order valence-electron chi connectivity index (χ3n) is 4.49. The average Bonchev–Trinajstić information content (AvgIpc) is 3.41. The molecule has 0 fully saturated rings. The van der Waals surface area contributed by atoms with E-state index in [0.717, 1.165) is 15.2 Å². The van der Waals surface area contributed by atoms with E-state index in [1.807, 2.05) is 41.8 Å². The van der Waals surface area contributed by atoms with Crippen LogP contribution in [0.5, 0.6) is 5.75 Å². The van der Waals surface area contributed by atoms with E-state index in [4.69, 9.17) is 13.9 Å². The topological polar surface area (TPSA) is 60.7 Å². The lowest BCUT2D eigenvalue weighted by Gasteiger charge is -2.09. The molecule has 0 spiro atoms. The first kappa shape index (κ1) is 21.4. The standard InChI is InChI=1S/C23H20FNO4S2/c1-27-10-11-28-20-9-8-15(13-18(20)24)25-23(26)22-17(14-31-21-7-4-12-30-21)16-5-2-3-6-19(16)29-22/h2-9,12-13H,10-11,14H2,1H3,(H,25,26). The van der Waals surface area contributed by atoms with Crippen LogP contribution in [0.25, 0.3) is 11.0 Å². The number of rotatable bonds is 9. The van der Waals surface area contributed by atoms with Crippen molar-refractivity contribution in [1.29, 1.82) is 0 Å². The first-order valence-electron chi connectivity index (χ1n) is 9.55. The van der Waals surface area contributed by atoms with Crippen LogP contribution < -0.4 is 10.1 Å². The molecule has 5 nitrogen and oxygen atoms in total. The van der Waals surface area contributed by atoms with E-state index in [1.165, 1.54) is 12.1 Å². The maximum Gasteiger partial charge on any atom is 0.291 e. The molecule has 0 aliphatic carbocycles. The number of hydrogen-bond acceptors (Lipinski definition) is 6. The van der Waals surface area contributed by atoms with Crippen molar-refractivity contribution in [2.24, 2.45) is 0 Å². The zero-order chi connectivity index (χ0) is 21.6. The fourth-order valence-corrected chi connectivity index (χ4v) is 4.84. The lowest BCUT2D eigenvalue weighted by atomic mass is 10.1. The summed E-state index contributed by atoms with van der Waals surface area (Å²) in [4.78, 5) is 13.0. The third kappa shape index (κ3) is 5.10. The summed E-state index contributed by atoms with van der Waals surface area (Å²) in [7, 11) is 1.55. The number of fused-ring (bicyclic) bond motifs is 1. The molecule has 8 heteroatoms. The number of nitrogens with one attached hydrogen (secondary N) is 1. The number of para-hydroxylation sites is 1. The number of benzene rings is 2. The molecule has 0 aliphatic heterocycles. The van der Waals surface area contributed by atoms with Crippen molar-refractivity contribution in [3.05, 3.63) is 77.1 Å². The third-order valence-corrected chi connectivity index (χ3v) is 6.65. The molecule has 160 valence electrons. The van der Waals surface area contributed by atoms with Crippen LogP contribution in [0.2, 0.25) is 0 Å². The van der Waals surface area contributed by atoms with Gasteiger partial charge in [0.05, 0.1) is 10.8 Å². The Bertz CT molecular complexity index is 1170.